The van der Waals surface area contributed by atoms with Crippen molar-refractivity contribution in [1.82, 2.24) is 10.2 Å². The summed E-state index contributed by atoms with van der Waals surface area (Å²) >= 11 is 0. The maximum Gasteiger partial charge on any atom is 0.251 e. The van der Waals surface area contributed by atoms with E-state index in [9.17, 15) is 4.79 Å². The first-order valence-corrected chi connectivity index (χ1v) is 7.77. The first-order valence-electron chi connectivity index (χ1n) is 7.77. The number of ether oxygens (including phenoxy) is 2. The summed E-state index contributed by atoms with van der Waals surface area (Å²) in [5, 5.41) is 3.09. The topological polar surface area (TPSA) is 50.8 Å². The molecule has 0 aliphatic carbocycles. The van der Waals surface area contributed by atoms with Crippen LogP contribution in [-0.4, -0.2) is 45.7 Å². The minimum Gasteiger partial charge on any atom is -0.493 e. The van der Waals surface area contributed by atoms with Crippen molar-refractivity contribution in [2.45, 2.75) is 6.04 Å². The van der Waals surface area contributed by atoms with E-state index in [-0.39, 0.29) is 11.9 Å². The van der Waals surface area contributed by atoms with Crippen molar-refractivity contribution in [3.63, 3.8) is 0 Å². The third kappa shape index (κ3) is 4.49. The van der Waals surface area contributed by atoms with E-state index in [2.05, 4.69) is 5.32 Å². The van der Waals surface area contributed by atoms with Crippen molar-refractivity contribution in [2.75, 3.05) is 34.9 Å². The number of carbonyl (C=O) groups is 1. The van der Waals surface area contributed by atoms with Gasteiger partial charge in [0.2, 0.25) is 0 Å². The quantitative estimate of drug-likeness (QED) is 0.849. The Bertz CT molecular complexity index is 672. The normalized spacial score (nSPS) is 11.9. The molecular formula is C19H24N2O3. The smallest absolute Gasteiger partial charge is 0.251 e. The Morgan fingerprint density at radius 1 is 1.04 bits per heavy atom. The van der Waals surface area contributed by atoms with Crippen LogP contribution < -0.4 is 14.8 Å². The van der Waals surface area contributed by atoms with Crippen LogP contribution in [0.15, 0.2) is 48.5 Å². The van der Waals surface area contributed by atoms with E-state index >= 15 is 0 Å². The highest BCUT2D eigenvalue weighted by atomic mass is 16.5. The molecule has 5 nitrogen and oxygen atoms in total. The number of amides is 1. The molecule has 128 valence electrons. The van der Waals surface area contributed by atoms with Gasteiger partial charge in [-0.25, -0.2) is 0 Å². The number of hydrogen-bond donors (Lipinski definition) is 1. The molecule has 24 heavy (non-hydrogen) atoms. The number of nitrogens with zero attached hydrogens (tertiary/aromatic N) is 1. The molecule has 1 atom stereocenters. The van der Waals surface area contributed by atoms with E-state index in [4.69, 9.17) is 9.47 Å². The minimum absolute atomic E-state index is 0.0956. The summed E-state index contributed by atoms with van der Waals surface area (Å²) in [6, 6.07) is 15.0. The van der Waals surface area contributed by atoms with E-state index < -0.39 is 0 Å². The summed E-state index contributed by atoms with van der Waals surface area (Å²) in [6.07, 6.45) is 0. The predicted molar refractivity (Wildman–Crippen MR) is 94.7 cm³/mol. The number of carbonyl (C=O) groups excluding carboxylic acids is 1. The molecule has 2 rings (SSSR count). The molecule has 0 unspecified atom stereocenters. The first kappa shape index (κ1) is 17.8. The van der Waals surface area contributed by atoms with Gasteiger partial charge in [0.1, 0.15) is 0 Å². The summed E-state index contributed by atoms with van der Waals surface area (Å²) in [5.41, 5.74) is 1.60. The molecule has 1 amide bonds. The van der Waals surface area contributed by atoms with Crippen LogP contribution in [0.2, 0.25) is 0 Å². The SMILES string of the molecule is COc1ccc(C(=O)N[C@H](CN(C)C)c2ccccc2)cc1OC. The van der Waals surface area contributed by atoms with Crippen LogP contribution >= 0.6 is 0 Å². The lowest BCUT2D eigenvalue weighted by molar-refractivity contribution is 0.0929. The number of rotatable bonds is 7. The molecule has 0 fully saturated rings. The molecule has 1 N–H and O–H groups in total. The van der Waals surface area contributed by atoms with Crippen molar-refractivity contribution in [1.29, 1.82) is 0 Å². The van der Waals surface area contributed by atoms with Crippen LogP contribution in [-0.2, 0) is 0 Å². The van der Waals surface area contributed by atoms with Crippen LogP contribution in [0.1, 0.15) is 22.0 Å². The van der Waals surface area contributed by atoms with Gasteiger partial charge in [0.15, 0.2) is 11.5 Å². The average molecular weight is 328 g/mol. The molecule has 0 spiro atoms. The van der Waals surface area contributed by atoms with Crippen molar-refractivity contribution in [2.24, 2.45) is 0 Å². The molecule has 0 radical (unpaired) electrons. The van der Waals surface area contributed by atoms with Gasteiger partial charge in [0, 0.05) is 12.1 Å². The van der Waals surface area contributed by atoms with Gasteiger partial charge in [-0.3, -0.25) is 4.79 Å². The van der Waals surface area contributed by atoms with Crippen LogP contribution in [0.25, 0.3) is 0 Å². The number of benzene rings is 2. The Hall–Kier alpha value is -2.53. The van der Waals surface area contributed by atoms with E-state index in [1.807, 2.05) is 49.3 Å². The summed E-state index contributed by atoms with van der Waals surface area (Å²) in [7, 11) is 7.09. The van der Waals surface area contributed by atoms with Gasteiger partial charge in [-0.05, 0) is 37.9 Å². The zero-order valence-corrected chi connectivity index (χ0v) is 14.6. The van der Waals surface area contributed by atoms with Gasteiger partial charge < -0.3 is 19.7 Å². The lowest BCUT2D eigenvalue weighted by Crippen LogP contribution is -2.35. The van der Waals surface area contributed by atoms with E-state index in [1.54, 1.807) is 32.4 Å². The zero-order chi connectivity index (χ0) is 17.5. The highest BCUT2D eigenvalue weighted by Gasteiger charge is 2.17. The zero-order valence-electron chi connectivity index (χ0n) is 14.6. The second kappa shape index (κ2) is 8.36. The Morgan fingerprint density at radius 3 is 2.29 bits per heavy atom. The second-order valence-corrected chi connectivity index (χ2v) is 5.77. The lowest BCUT2D eigenvalue weighted by Gasteiger charge is -2.23. The molecule has 0 bridgehead atoms. The van der Waals surface area contributed by atoms with Crippen molar-refractivity contribution in [3.8, 4) is 11.5 Å². The number of nitrogens with one attached hydrogen (secondary N) is 1. The summed E-state index contributed by atoms with van der Waals surface area (Å²) < 4.78 is 10.5. The number of hydrogen-bond acceptors (Lipinski definition) is 4. The van der Waals surface area contributed by atoms with Gasteiger partial charge >= 0.3 is 0 Å². The van der Waals surface area contributed by atoms with E-state index in [0.717, 1.165) is 5.56 Å². The van der Waals surface area contributed by atoms with Crippen molar-refractivity contribution >= 4 is 5.91 Å². The molecule has 0 aliphatic rings. The molecule has 0 aliphatic heterocycles. The Morgan fingerprint density at radius 2 is 1.71 bits per heavy atom. The summed E-state index contributed by atoms with van der Waals surface area (Å²) in [5.74, 6) is 0.989. The highest BCUT2D eigenvalue weighted by Crippen LogP contribution is 2.27. The molecule has 0 saturated heterocycles. The largest absolute Gasteiger partial charge is 0.493 e. The van der Waals surface area contributed by atoms with E-state index in [0.29, 0.717) is 23.6 Å². The molecule has 0 saturated carbocycles. The van der Waals surface area contributed by atoms with Gasteiger partial charge in [-0.15, -0.1) is 0 Å². The third-order valence-corrected chi connectivity index (χ3v) is 3.70. The lowest BCUT2D eigenvalue weighted by atomic mass is 10.1. The van der Waals surface area contributed by atoms with Gasteiger partial charge in [0.05, 0.1) is 20.3 Å². The van der Waals surface area contributed by atoms with Crippen LogP contribution in [0.4, 0.5) is 0 Å². The Labute approximate surface area is 143 Å². The second-order valence-electron chi connectivity index (χ2n) is 5.77. The fourth-order valence-electron chi connectivity index (χ4n) is 2.50. The standard InChI is InChI=1S/C19H24N2O3/c1-21(2)13-16(14-8-6-5-7-9-14)20-19(22)15-10-11-17(23-3)18(12-15)24-4/h5-12,16H,13H2,1-4H3,(H,20,22)/t16-/m1/s1. The number of methoxy groups -OCH3 is 2. The maximum atomic E-state index is 12.7. The summed E-state index contributed by atoms with van der Waals surface area (Å²) in [4.78, 5) is 14.7. The molecule has 0 aromatic heterocycles. The van der Waals surface area contributed by atoms with Crippen molar-refractivity contribution < 1.29 is 14.3 Å². The fraction of sp³-hybridized carbons (Fsp3) is 0.316. The predicted octanol–water partition coefficient (Wildman–Crippen LogP) is 2.74. The van der Waals surface area contributed by atoms with E-state index in [1.165, 1.54) is 0 Å². The molecular weight excluding hydrogens is 304 g/mol. The third-order valence-electron chi connectivity index (χ3n) is 3.70. The molecule has 0 heterocycles. The summed E-state index contributed by atoms with van der Waals surface area (Å²) in [6.45, 7) is 0.711. The van der Waals surface area contributed by atoms with Crippen LogP contribution in [0.3, 0.4) is 0 Å². The molecule has 2 aromatic rings. The van der Waals surface area contributed by atoms with Crippen LogP contribution in [0, 0.1) is 0 Å². The highest BCUT2D eigenvalue weighted by molar-refractivity contribution is 5.95. The monoisotopic (exact) mass is 328 g/mol. The fourth-order valence-corrected chi connectivity index (χ4v) is 2.50. The van der Waals surface area contributed by atoms with Crippen LogP contribution in [0.5, 0.6) is 11.5 Å². The maximum absolute atomic E-state index is 12.7. The molecule has 2 aromatic carbocycles. The average Bonchev–Trinajstić information content (AvgIpc) is 2.60. The minimum atomic E-state index is -0.147. The Kier molecular flexibility index (Phi) is 6.21. The van der Waals surface area contributed by atoms with Gasteiger partial charge in [-0.1, -0.05) is 30.3 Å². The first-order chi connectivity index (χ1) is 11.5. The number of likely N-dealkylation sites (N-methyl/N-ethyl adjacent to an activating group) is 1. The Balaban J connectivity index is 2.21. The van der Waals surface area contributed by atoms with Gasteiger partial charge in [-0.2, -0.15) is 0 Å². The molecule has 5 heteroatoms. The van der Waals surface area contributed by atoms with Gasteiger partial charge in [0.25, 0.3) is 5.91 Å². The van der Waals surface area contributed by atoms with Crippen molar-refractivity contribution in [3.05, 3.63) is 59.7 Å².